The summed E-state index contributed by atoms with van der Waals surface area (Å²) < 4.78 is 0. The Kier molecular flexibility index (Phi) is 5.86. The number of hydrogen-bond acceptors (Lipinski definition) is 4. The molecule has 1 aromatic carbocycles. The fourth-order valence-corrected chi connectivity index (χ4v) is 4.51. The van der Waals surface area contributed by atoms with Crippen LogP contribution in [0.25, 0.3) is 22.0 Å². The van der Waals surface area contributed by atoms with Crippen molar-refractivity contribution in [3.63, 3.8) is 0 Å². The first-order valence-electron chi connectivity index (χ1n) is 10.9. The molecule has 158 valence electrons. The number of piperidine rings is 1. The number of amides is 1. The fourth-order valence-electron chi connectivity index (χ4n) is 4.51. The lowest BCUT2D eigenvalue weighted by molar-refractivity contribution is 0.0852. The van der Waals surface area contributed by atoms with E-state index < -0.39 is 0 Å². The maximum absolute atomic E-state index is 13.1. The number of fused-ring (bicyclic) bond motifs is 1. The zero-order valence-corrected chi connectivity index (χ0v) is 18.3. The molecule has 3 heterocycles. The number of hydrogen-bond donors (Lipinski definition) is 2. The third-order valence-corrected chi connectivity index (χ3v) is 6.03. The molecular formula is C24H31N5O. The molecule has 1 fully saturated rings. The minimum absolute atomic E-state index is 0.101. The van der Waals surface area contributed by atoms with Crippen LogP contribution in [-0.4, -0.2) is 51.7 Å². The molecule has 6 nitrogen and oxygen atoms in total. The second kappa shape index (κ2) is 8.56. The van der Waals surface area contributed by atoms with Crippen molar-refractivity contribution < 1.29 is 4.79 Å². The van der Waals surface area contributed by atoms with Crippen LogP contribution in [0.4, 0.5) is 0 Å². The predicted octanol–water partition coefficient (Wildman–Crippen LogP) is 4.03. The first kappa shape index (κ1) is 20.5. The zero-order chi connectivity index (χ0) is 21.3. The van der Waals surface area contributed by atoms with Gasteiger partial charge in [0.15, 0.2) is 5.69 Å². The highest BCUT2D eigenvalue weighted by atomic mass is 16.2. The van der Waals surface area contributed by atoms with Crippen molar-refractivity contribution in [3.8, 4) is 11.1 Å². The molecule has 1 aliphatic rings. The molecule has 4 rings (SSSR count). The van der Waals surface area contributed by atoms with E-state index in [2.05, 4.69) is 52.2 Å². The average Bonchev–Trinajstić information content (AvgIpc) is 3.13. The van der Waals surface area contributed by atoms with Crippen LogP contribution in [0.15, 0.2) is 36.5 Å². The highest BCUT2D eigenvalue weighted by molar-refractivity contribution is 6.05. The molecule has 0 radical (unpaired) electrons. The summed E-state index contributed by atoms with van der Waals surface area (Å²) in [4.78, 5) is 20.0. The number of carbonyl (C=O) groups excluding carboxylic acids is 1. The number of pyridine rings is 1. The summed E-state index contributed by atoms with van der Waals surface area (Å²) in [6.45, 7) is 11.9. The maximum atomic E-state index is 13.1. The maximum Gasteiger partial charge on any atom is 0.272 e. The summed E-state index contributed by atoms with van der Waals surface area (Å²) in [7, 11) is 0. The number of nitrogens with one attached hydrogen (secondary N) is 2. The summed E-state index contributed by atoms with van der Waals surface area (Å²) in [5, 5.41) is 11.4. The third-order valence-electron chi connectivity index (χ3n) is 6.03. The van der Waals surface area contributed by atoms with E-state index in [9.17, 15) is 4.79 Å². The predicted molar refractivity (Wildman–Crippen MR) is 120 cm³/mol. The summed E-state index contributed by atoms with van der Waals surface area (Å²) in [6.07, 6.45) is 2.77. The number of rotatable bonds is 5. The van der Waals surface area contributed by atoms with Crippen LogP contribution in [0.2, 0.25) is 0 Å². The van der Waals surface area contributed by atoms with Crippen molar-refractivity contribution in [1.82, 2.24) is 25.4 Å². The van der Waals surface area contributed by atoms with Crippen molar-refractivity contribution in [3.05, 3.63) is 47.9 Å². The van der Waals surface area contributed by atoms with Crippen molar-refractivity contribution >= 4 is 16.8 Å². The SMILES string of the molecule is Cc1ncccc1-c1ccc2[nH]nc(C(=O)N[C@H]3CCN(CC(C)C)C[C@H]3C)c2c1. The van der Waals surface area contributed by atoms with Crippen molar-refractivity contribution in [2.75, 3.05) is 19.6 Å². The molecule has 0 bridgehead atoms. The number of likely N-dealkylation sites (tertiary alicyclic amines) is 1. The number of aryl methyl sites for hydroxylation is 1. The Labute approximate surface area is 178 Å². The topological polar surface area (TPSA) is 73.9 Å². The molecule has 3 aromatic rings. The summed E-state index contributed by atoms with van der Waals surface area (Å²) in [5.41, 5.74) is 4.40. The largest absolute Gasteiger partial charge is 0.348 e. The molecule has 6 heteroatoms. The second-order valence-corrected chi connectivity index (χ2v) is 8.97. The van der Waals surface area contributed by atoms with Crippen LogP contribution in [0, 0.1) is 18.8 Å². The van der Waals surface area contributed by atoms with E-state index in [1.165, 1.54) is 0 Å². The monoisotopic (exact) mass is 405 g/mol. The number of carbonyl (C=O) groups is 1. The van der Waals surface area contributed by atoms with Crippen LogP contribution in [0.3, 0.4) is 0 Å². The molecule has 2 aromatic heterocycles. The molecule has 2 atom stereocenters. The van der Waals surface area contributed by atoms with Crippen LogP contribution >= 0.6 is 0 Å². The Morgan fingerprint density at radius 1 is 1.33 bits per heavy atom. The molecule has 0 saturated carbocycles. The lowest BCUT2D eigenvalue weighted by Gasteiger charge is -2.37. The summed E-state index contributed by atoms with van der Waals surface area (Å²) in [5.74, 6) is 0.979. The van der Waals surface area contributed by atoms with Gasteiger partial charge in [-0.15, -0.1) is 0 Å². The van der Waals surface area contributed by atoms with E-state index in [-0.39, 0.29) is 11.9 Å². The molecule has 0 spiro atoms. The van der Waals surface area contributed by atoms with E-state index in [4.69, 9.17) is 0 Å². The van der Waals surface area contributed by atoms with Gasteiger partial charge in [-0.05, 0) is 48.9 Å². The molecular weight excluding hydrogens is 374 g/mol. The number of nitrogens with zero attached hydrogens (tertiary/aromatic N) is 3. The van der Waals surface area contributed by atoms with E-state index >= 15 is 0 Å². The van der Waals surface area contributed by atoms with Gasteiger partial charge in [0.1, 0.15) is 0 Å². The van der Waals surface area contributed by atoms with Crippen LogP contribution < -0.4 is 5.32 Å². The van der Waals surface area contributed by atoms with Gasteiger partial charge in [0.25, 0.3) is 5.91 Å². The lowest BCUT2D eigenvalue weighted by atomic mass is 9.93. The fraction of sp³-hybridized carbons (Fsp3) is 0.458. The average molecular weight is 406 g/mol. The highest BCUT2D eigenvalue weighted by Gasteiger charge is 2.28. The van der Waals surface area contributed by atoms with Gasteiger partial charge in [0, 0.05) is 48.5 Å². The van der Waals surface area contributed by atoms with E-state index in [0.717, 1.165) is 53.8 Å². The van der Waals surface area contributed by atoms with E-state index in [0.29, 0.717) is 17.5 Å². The number of aromatic amines is 1. The van der Waals surface area contributed by atoms with Crippen molar-refractivity contribution in [2.24, 2.45) is 11.8 Å². The Balaban J connectivity index is 1.53. The molecule has 1 aliphatic heterocycles. The third kappa shape index (κ3) is 4.24. The van der Waals surface area contributed by atoms with Crippen LogP contribution in [0.1, 0.15) is 43.4 Å². The highest BCUT2D eigenvalue weighted by Crippen LogP contribution is 2.27. The van der Waals surface area contributed by atoms with Gasteiger partial charge in [-0.1, -0.05) is 32.9 Å². The molecule has 0 unspecified atom stereocenters. The second-order valence-electron chi connectivity index (χ2n) is 8.97. The minimum atomic E-state index is -0.101. The Morgan fingerprint density at radius 3 is 2.90 bits per heavy atom. The van der Waals surface area contributed by atoms with Gasteiger partial charge in [-0.25, -0.2) is 0 Å². The Bertz CT molecular complexity index is 1040. The summed E-state index contributed by atoms with van der Waals surface area (Å²) in [6, 6.07) is 10.2. The van der Waals surface area contributed by atoms with Gasteiger partial charge in [0.05, 0.1) is 5.52 Å². The standard InChI is InChI=1S/C24H31N5O/c1-15(2)13-29-11-9-21(16(3)14-29)26-24(30)23-20-12-18(7-8-22(20)27-28-23)19-6-5-10-25-17(19)4/h5-8,10,12,15-16,21H,9,11,13-14H2,1-4H3,(H,26,30)(H,27,28)/t16-,21+/m1/s1. The Hall–Kier alpha value is -2.73. The van der Waals surface area contributed by atoms with Gasteiger partial charge in [0.2, 0.25) is 0 Å². The zero-order valence-electron chi connectivity index (χ0n) is 18.3. The van der Waals surface area contributed by atoms with Crippen LogP contribution in [-0.2, 0) is 0 Å². The minimum Gasteiger partial charge on any atom is -0.348 e. The van der Waals surface area contributed by atoms with Crippen molar-refractivity contribution in [1.29, 1.82) is 0 Å². The molecule has 1 amide bonds. The van der Waals surface area contributed by atoms with E-state index in [1.54, 1.807) is 6.20 Å². The van der Waals surface area contributed by atoms with Gasteiger partial charge in [-0.3, -0.25) is 14.9 Å². The van der Waals surface area contributed by atoms with E-state index in [1.807, 2.05) is 31.2 Å². The lowest BCUT2D eigenvalue weighted by Crippen LogP contribution is -2.50. The molecule has 30 heavy (non-hydrogen) atoms. The van der Waals surface area contributed by atoms with Gasteiger partial charge < -0.3 is 10.2 Å². The summed E-state index contributed by atoms with van der Waals surface area (Å²) >= 11 is 0. The van der Waals surface area contributed by atoms with Gasteiger partial charge >= 0.3 is 0 Å². The Morgan fingerprint density at radius 2 is 2.17 bits per heavy atom. The first-order chi connectivity index (χ1) is 14.4. The molecule has 1 saturated heterocycles. The number of aromatic nitrogens is 3. The number of benzene rings is 1. The smallest absolute Gasteiger partial charge is 0.272 e. The van der Waals surface area contributed by atoms with Crippen LogP contribution in [0.5, 0.6) is 0 Å². The normalized spacial score (nSPS) is 20.0. The number of H-pyrrole nitrogens is 1. The first-order valence-corrected chi connectivity index (χ1v) is 10.9. The van der Waals surface area contributed by atoms with Crippen molar-refractivity contribution in [2.45, 2.75) is 40.2 Å². The quantitative estimate of drug-likeness (QED) is 0.672. The molecule has 0 aliphatic carbocycles. The molecule has 2 N–H and O–H groups in total. The van der Waals surface area contributed by atoms with Gasteiger partial charge in [-0.2, -0.15) is 5.10 Å².